The van der Waals surface area contributed by atoms with Crippen LogP contribution >= 0.6 is 0 Å². The second-order valence-corrected chi connectivity index (χ2v) is 1.93. The summed E-state index contributed by atoms with van der Waals surface area (Å²) in [5.41, 5.74) is 0. The van der Waals surface area contributed by atoms with Crippen LogP contribution in [0.1, 0.15) is 6.92 Å². The van der Waals surface area contributed by atoms with Crippen molar-refractivity contribution in [3.05, 3.63) is 0 Å². The van der Waals surface area contributed by atoms with E-state index in [9.17, 15) is 4.79 Å². The zero-order valence-electron chi connectivity index (χ0n) is 5.52. The lowest BCUT2D eigenvalue weighted by Crippen LogP contribution is -2.26. The summed E-state index contributed by atoms with van der Waals surface area (Å²) in [5, 5.41) is 25.1. The Hall–Kier alpha value is -0.810. The molecule has 0 aromatic heterocycles. The molecule has 0 aromatic carbocycles. The topological polar surface area (TPSA) is 87.0 Å². The molecule has 0 aliphatic heterocycles. The van der Waals surface area contributed by atoms with Gasteiger partial charge >= 0.3 is 6.16 Å². The van der Waals surface area contributed by atoms with E-state index in [1.807, 2.05) is 0 Å². The lowest BCUT2D eigenvalue weighted by atomic mass is 10.2. The van der Waals surface area contributed by atoms with Gasteiger partial charge in [-0.3, -0.25) is 0 Å². The number of aliphatic hydroxyl groups is 2. The first-order chi connectivity index (χ1) is 4.57. The highest BCUT2D eigenvalue weighted by Crippen LogP contribution is 2.02. The highest BCUT2D eigenvalue weighted by molar-refractivity contribution is 5.56. The van der Waals surface area contributed by atoms with Crippen molar-refractivity contribution in [3.8, 4) is 0 Å². The van der Waals surface area contributed by atoms with Crippen LogP contribution in [0.2, 0.25) is 0 Å². The molecule has 0 fully saturated rings. The van der Waals surface area contributed by atoms with Gasteiger partial charge in [0.2, 0.25) is 6.29 Å². The first-order valence-corrected chi connectivity index (χ1v) is 2.76. The summed E-state index contributed by atoms with van der Waals surface area (Å²) < 4.78 is 3.92. The van der Waals surface area contributed by atoms with E-state index in [-0.39, 0.29) is 6.61 Å². The lowest BCUT2D eigenvalue weighted by molar-refractivity contribution is -0.110. The van der Waals surface area contributed by atoms with Crippen molar-refractivity contribution in [1.29, 1.82) is 0 Å². The van der Waals surface area contributed by atoms with Gasteiger partial charge in [0.1, 0.15) is 0 Å². The normalized spacial score (nSPS) is 15.9. The number of carbonyl (C=O) groups is 1. The number of rotatable bonds is 3. The van der Waals surface area contributed by atoms with Crippen LogP contribution in [-0.2, 0) is 4.74 Å². The van der Waals surface area contributed by atoms with Crippen LogP contribution in [0.4, 0.5) is 4.79 Å². The van der Waals surface area contributed by atoms with Crippen molar-refractivity contribution in [2.45, 2.75) is 13.2 Å². The van der Waals surface area contributed by atoms with E-state index >= 15 is 0 Å². The molecule has 2 unspecified atom stereocenters. The fraction of sp³-hybridized carbons (Fsp3) is 0.800. The molecule has 5 nitrogen and oxygen atoms in total. The minimum Gasteiger partial charge on any atom is -0.450 e. The molecule has 0 heterocycles. The molecule has 0 amide bonds. The summed E-state index contributed by atoms with van der Waals surface area (Å²) in [7, 11) is 0. The van der Waals surface area contributed by atoms with Crippen LogP contribution in [0.3, 0.4) is 0 Å². The van der Waals surface area contributed by atoms with Gasteiger partial charge in [-0.15, -0.1) is 0 Å². The molecule has 0 aromatic rings. The monoisotopic (exact) mass is 150 g/mol. The van der Waals surface area contributed by atoms with Crippen molar-refractivity contribution in [2.24, 2.45) is 5.92 Å². The molecule has 0 bridgehead atoms. The third-order valence-corrected chi connectivity index (χ3v) is 0.996. The molecule has 0 aliphatic carbocycles. The van der Waals surface area contributed by atoms with Gasteiger partial charge in [-0.25, -0.2) is 4.79 Å². The Morgan fingerprint density at radius 1 is 1.70 bits per heavy atom. The molecule has 2 atom stereocenters. The Labute approximate surface area is 57.9 Å². The van der Waals surface area contributed by atoms with E-state index in [4.69, 9.17) is 15.3 Å². The SMILES string of the molecule is CC(CO)C(O)OC(=O)O. The van der Waals surface area contributed by atoms with E-state index in [1.165, 1.54) is 6.92 Å². The van der Waals surface area contributed by atoms with Gasteiger partial charge in [-0.1, -0.05) is 6.92 Å². The van der Waals surface area contributed by atoms with Crippen molar-refractivity contribution in [3.63, 3.8) is 0 Å². The summed E-state index contributed by atoms with van der Waals surface area (Å²) >= 11 is 0. The van der Waals surface area contributed by atoms with Crippen LogP contribution in [0.15, 0.2) is 0 Å². The maximum absolute atomic E-state index is 9.77. The average Bonchev–Trinajstić information content (AvgIpc) is 1.85. The van der Waals surface area contributed by atoms with E-state index in [0.29, 0.717) is 0 Å². The Morgan fingerprint density at radius 2 is 2.20 bits per heavy atom. The number of aliphatic hydroxyl groups excluding tert-OH is 2. The minimum absolute atomic E-state index is 0.311. The van der Waals surface area contributed by atoms with Gasteiger partial charge in [-0.05, 0) is 0 Å². The third-order valence-electron chi connectivity index (χ3n) is 0.996. The fourth-order valence-corrected chi connectivity index (χ4v) is 0.310. The van der Waals surface area contributed by atoms with Crippen LogP contribution in [0.25, 0.3) is 0 Å². The maximum atomic E-state index is 9.77. The molecule has 0 rings (SSSR count). The number of hydrogen-bond acceptors (Lipinski definition) is 4. The predicted molar refractivity (Wildman–Crippen MR) is 31.4 cm³/mol. The number of ether oxygens (including phenoxy) is 1. The van der Waals surface area contributed by atoms with Gasteiger partial charge in [-0.2, -0.15) is 0 Å². The maximum Gasteiger partial charge on any atom is 0.508 e. The number of carboxylic acid groups (broad SMARTS) is 1. The average molecular weight is 150 g/mol. The summed E-state index contributed by atoms with van der Waals surface area (Å²) in [4.78, 5) is 9.77. The van der Waals surface area contributed by atoms with Crippen molar-refractivity contribution in [2.75, 3.05) is 6.61 Å². The largest absolute Gasteiger partial charge is 0.508 e. The summed E-state index contributed by atoms with van der Waals surface area (Å²) in [6.07, 6.45) is -2.99. The molecular formula is C5H10O5. The minimum atomic E-state index is -1.55. The molecule has 0 saturated heterocycles. The first-order valence-electron chi connectivity index (χ1n) is 2.76. The third kappa shape index (κ3) is 3.26. The van der Waals surface area contributed by atoms with Crippen LogP contribution in [0.5, 0.6) is 0 Å². The Bertz CT molecular complexity index is 113. The fourth-order valence-electron chi connectivity index (χ4n) is 0.310. The summed E-state index contributed by atoms with van der Waals surface area (Å²) in [5.74, 6) is -0.587. The standard InChI is InChI=1S/C5H10O5/c1-3(2-6)4(7)10-5(8)9/h3-4,6-7H,2H2,1H3,(H,8,9). The van der Waals surface area contributed by atoms with E-state index < -0.39 is 18.4 Å². The Kier molecular flexibility index (Phi) is 3.75. The molecular weight excluding hydrogens is 140 g/mol. The zero-order chi connectivity index (χ0) is 8.15. The van der Waals surface area contributed by atoms with Crippen molar-refractivity contribution < 1.29 is 24.9 Å². The van der Waals surface area contributed by atoms with Crippen LogP contribution in [-0.4, -0.2) is 34.4 Å². The van der Waals surface area contributed by atoms with Gasteiger partial charge in [0.25, 0.3) is 0 Å². The second-order valence-electron chi connectivity index (χ2n) is 1.93. The van der Waals surface area contributed by atoms with Gasteiger partial charge in [0.15, 0.2) is 0 Å². The molecule has 0 spiro atoms. The van der Waals surface area contributed by atoms with Gasteiger partial charge in [0.05, 0.1) is 6.61 Å². The second kappa shape index (κ2) is 4.08. The molecule has 10 heavy (non-hydrogen) atoms. The zero-order valence-corrected chi connectivity index (χ0v) is 5.52. The predicted octanol–water partition coefficient (Wildman–Crippen LogP) is -0.372. The molecule has 3 N–H and O–H groups in total. The molecule has 60 valence electrons. The Balaban J connectivity index is 3.61. The summed E-state index contributed by atoms with van der Waals surface area (Å²) in [6.45, 7) is 1.15. The molecule has 5 heteroatoms. The first kappa shape index (κ1) is 9.19. The smallest absolute Gasteiger partial charge is 0.450 e. The van der Waals surface area contributed by atoms with E-state index in [1.54, 1.807) is 0 Å². The van der Waals surface area contributed by atoms with Gasteiger partial charge in [0, 0.05) is 5.92 Å². The van der Waals surface area contributed by atoms with E-state index in [0.717, 1.165) is 0 Å². The molecule has 0 aliphatic rings. The molecule has 0 saturated carbocycles. The quantitative estimate of drug-likeness (QED) is 0.377. The van der Waals surface area contributed by atoms with E-state index in [2.05, 4.69) is 4.74 Å². The highest BCUT2D eigenvalue weighted by atomic mass is 16.7. The summed E-state index contributed by atoms with van der Waals surface area (Å²) in [6, 6.07) is 0. The lowest BCUT2D eigenvalue weighted by Gasteiger charge is -2.13. The van der Waals surface area contributed by atoms with Crippen molar-refractivity contribution >= 4 is 6.16 Å². The molecule has 0 radical (unpaired) electrons. The Morgan fingerprint density at radius 3 is 2.50 bits per heavy atom. The highest BCUT2D eigenvalue weighted by Gasteiger charge is 2.16. The van der Waals surface area contributed by atoms with Crippen LogP contribution in [0, 0.1) is 5.92 Å². The van der Waals surface area contributed by atoms with Gasteiger partial charge < -0.3 is 20.1 Å². The number of hydrogen-bond donors (Lipinski definition) is 3. The van der Waals surface area contributed by atoms with Crippen LogP contribution < -0.4 is 0 Å². The van der Waals surface area contributed by atoms with Crippen molar-refractivity contribution in [1.82, 2.24) is 0 Å².